The molecule has 1 saturated heterocycles. The van der Waals surface area contributed by atoms with Crippen molar-refractivity contribution in [3.05, 3.63) is 0 Å². The lowest BCUT2D eigenvalue weighted by atomic mass is 10.1. The number of carbonyl (C=O) groups excluding carboxylic acids is 1. The average Bonchev–Trinajstić information content (AvgIpc) is 2.53. The number of alkyl halides is 9. The van der Waals surface area contributed by atoms with Crippen LogP contribution in [0.15, 0.2) is 0 Å². The Morgan fingerprint density at radius 1 is 1.12 bits per heavy atom. The summed E-state index contributed by atoms with van der Waals surface area (Å²) in [6.07, 6.45) is -6.89. The molecule has 15 heteroatoms. The van der Waals surface area contributed by atoms with E-state index in [2.05, 4.69) is 0 Å². The van der Waals surface area contributed by atoms with E-state index in [0.717, 1.165) is 4.67 Å². The Labute approximate surface area is 154 Å². The van der Waals surface area contributed by atoms with E-state index in [1.165, 1.54) is 0 Å². The van der Waals surface area contributed by atoms with Crippen LogP contribution >= 0.6 is 31.2 Å². The van der Waals surface area contributed by atoms with E-state index >= 15 is 0 Å². The fraction of sp³-hybridized carbons (Fsp3) is 0.909. The van der Waals surface area contributed by atoms with Crippen LogP contribution in [0.3, 0.4) is 0 Å². The van der Waals surface area contributed by atoms with Gasteiger partial charge in [-0.1, -0.05) is 0 Å². The Morgan fingerprint density at radius 3 is 2.04 bits per heavy atom. The number of carbonyl (C=O) groups is 1. The van der Waals surface area contributed by atoms with Gasteiger partial charge in [-0.2, -0.15) is 39.9 Å². The Hall–Kier alpha value is -0.130. The number of hydrogen-bond acceptors (Lipinski definition) is 4. The second kappa shape index (κ2) is 8.48. The molecule has 1 unspecified atom stereocenters. The van der Waals surface area contributed by atoms with Crippen molar-refractivity contribution < 1.29 is 44.9 Å². The standard InChI is InChI=1S/C11H14Cl2F7N2O3P/c12-2-5-21(6-3-13)26(24)22(4-1-7-25-26)8(23)9(14,15)10(16,17)11(18,19)20/h1-7H2. The van der Waals surface area contributed by atoms with Crippen LogP contribution in [0.2, 0.25) is 0 Å². The molecule has 0 N–H and O–H groups in total. The van der Waals surface area contributed by atoms with Gasteiger partial charge in [0, 0.05) is 11.8 Å². The molecule has 1 fully saturated rings. The summed E-state index contributed by atoms with van der Waals surface area (Å²) in [5, 5.41) is 0. The molecule has 154 valence electrons. The van der Waals surface area contributed by atoms with Gasteiger partial charge in [0.05, 0.1) is 26.2 Å². The summed E-state index contributed by atoms with van der Waals surface area (Å²) in [5.41, 5.74) is 0. The minimum atomic E-state index is -6.70. The average molecular weight is 457 g/mol. The Kier molecular flexibility index (Phi) is 7.80. The van der Waals surface area contributed by atoms with E-state index in [1.807, 2.05) is 0 Å². The summed E-state index contributed by atoms with van der Waals surface area (Å²) in [6, 6.07) is 0. The monoisotopic (exact) mass is 456 g/mol. The van der Waals surface area contributed by atoms with Gasteiger partial charge in [0.25, 0.3) is 8.02 Å². The van der Waals surface area contributed by atoms with Crippen molar-refractivity contribution in [3.8, 4) is 0 Å². The maximum absolute atomic E-state index is 13.7. The van der Waals surface area contributed by atoms with Crippen molar-refractivity contribution in [2.75, 3.05) is 38.0 Å². The van der Waals surface area contributed by atoms with Crippen molar-refractivity contribution in [3.63, 3.8) is 0 Å². The molecule has 1 aliphatic rings. The van der Waals surface area contributed by atoms with Crippen LogP contribution in [0.1, 0.15) is 6.42 Å². The summed E-state index contributed by atoms with van der Waals surface area (Å²) < 4.78 is 96.1. The highest BCUT2D eigenvalue weighted by atomic mass is 35.5. The van der Waals surface area contributed by atoms with Gasteiger partial charge in [-0.15, -0.1) is 27.9 Å². The molecule has 0 spiro atoms. The zero-order valence-electron chi connectivity index (χ0n) is 12.9. The second-order valence-electron chi connectivity index (χ2n) is 5.08. The predicted molar refractivity (Wildman–Crippen MR) is 78.2 cm³/mol. The fourth-order valence-electron chi connectivity index (χ4n) is 2.08. The van der Waals surface area contributed by atoms with Crippen LogP contribution in [0.25, 0.3) is 0 Å². The van der Waals surface area contributed by atoms with Gasteiger partial charge >= 0.3 is 23.9 Å². The SMILES string of the molecule is O=C(N1CCCO[P+]1([O-])N(CCCl)CCCl)C(F)(F)C(F)(F)C(F)(F)F. The molecule has 0 aromatic carbocycles. The van der Waals surface area contributed by atoms with Gasteiger partial charge in [-0.3, -0.25) is 4.79 Å². The van der Waals surface area contributed by atoms with E-state index in [9.17, 15) is 40.4 Å². The molecule has 0 radical (unpaired) electrons. The highest BCUT2D eigenvalue weighted by molar-refractivity contribution is 7.60. The molecule has 0 aromatic rings. The first-order valence-corrected chi connectivity index (χ1v) is 9.64. The van der Waals surface area contributed by atoms with E-state index in [0.29, 0.717) is 0 Å². The molecule has 1 atom stereocenters. The molecular formula is C11H14Cl2F7N2O3P. The van der Waals surface area contributed by atoms with E-state index in [-0.39, 0.29) is 42.5 Å². The van der Waals surface area contributed by atoms with Gasteiger partial charge in [-0.25, -0.2) is 0 Å². The largest absolute Gasteiger partial charge is 0.621 e. The van der Waals surface area contributed by atoms with Gasteiger partial charge in [0.2, 0.25) is 0 Å². The summed E-state index contributed by atoms with van der Waals surface area (Å²) in [7, 11) is -4.67. The summed E-state index contributed by atoms with van der Waals surface area (Å²) in [5.74, 6) is -16.2. The molecule has 0 aliphatic carbocycles. The van der Waals surface area contributed by atoms with Crippen LogP contribution in [-0.2, 0) is 9.32 Å². The molecule has 1 heterocycles. The van der Waals surface area contributed by atoms with Crippen molar-refractivity contribution in [2.45, 2.75) is 24.4 Å². The highest BCUT2D eigenvalue weighted by Crippen LogP contribution is 2.62. The van der Waals surface area contributed by atoms with Crippen LogP contribution in [0.4, 0.5) is 30.7 Å². The Balaban J connectivity index is 3.29. The van der Waals surface area contributed by atoms with Crippen LogP contribution in [-0.4, -0.2) is 71.3 Å². The van der Waals surface area contributed by atoms with Gasteiger partial charge in [-0.05, 0) is 6.42 Å². The predicted octanol–water partition coefficient (Wildman–Crippen LogP) is 2.89. The lowest BCUT2D eigenvalue weighted by molar-refractivity contribution is -0.346. The van der Waals surface area contributed by atoms with Crippen LogP contribution in [0.5, 0.6) is 0 Å². The highest BCUT2D eigenvalue weighted by Gasteiger charge is 2.78. The third kappa shape index (κ3) is 4.30. The van der Waals surface area contributed by atoms with Crippen LogP contribution in [0, 0.1) is 0 Å². The number of nitrogens with zero attached hydrogens (tertiary/aromatic N) is 2. The topological polar surface area (TPSA) is 55.8 Å². The third-order valence-corrected chi connectivity index (χ3v) is 6.34. The van der Waals surface area contributed by atoms with Crippen molar-refractivity contribution in [1.82, 2.24) is 9.34 Å². The summed E-state index contributed by atoms with van der Waals surface area (Å²) >= 11 is 11.0. The number of rotatable bonds is 7. The smallest absolute Gasteiger partial charge is 0.460 e. The molecule has 5 nitrogen and oxygen atoms in total. The quantitative estimate of drug-likeness (QED) is 0.336. The molecular weight excluding hydrogens is 443 g/mol. The second-order valence-corrected chi connectivity index (χ2v) is 8.13. The molecule has 0 aromatic heterocycles. The van der Waals surface area contributed by atoms with E-state index in [1.54, 1.807) is 0 Å². The Bertz CT molecular complexity index is 509. The van der Waals surface area contributed by atoms with Crippen molar-refractivity contribution in [2.24, 2.45) is 0 Å². The lowest BCUT2D eigenvalue weighted by Gasteiger charge is -2.46. The summed E-state index contributed by atoms with van der Waals surface area (Å²) in [6.45, 7) is -1.64. The van der Waals surface area contributed by atoms with Crippen LogP contribution < -0.4 is 4.89 Å². The lowest BCUT2D eigenvalue weighted by Crippen LogP contribution is -2.62. The third-order valence-electron chi connectivity index (χ3n) is 3.37. The zero-order valence-corrected chi connectivity index (χ0v) is 15.3. The molecule has 0 saturated carbocycles. The first-order chi connectivity index (χ1) is 11.8. The minimum absolute atomic E-state index is 0.195. The summed E-state index contributed by atoms with van der Waals surface area (Å²) in [4.78, 5) is 24.8. The maximum Gasteiger partial charge on any atom is 0.460 e. The van der Waals surface area contributed by atoms with E-state index < -0.39 is 38.5 Å². The normalized spacial score (nSPS) is 22.8. The van der Waals surface area contributed by atoms with Crippen molar-refractivity contribution >= 4 is 37.1 Å². The molecule has 26 heavy (non-hydrogen) atoms. The molecule has 1 amide bonds. The minimum Gasteiger partial charge on any atom is -0.621 e. The Morgan fingerprint density at radius 2 is 1.62 bits per heavy atom. The first-order valence-electron chi connectivity index (χ1n) is 7.04. The number of hydrogen-bond donors (Lipinski definition) is 0. The molecule has 0 bridgehead atoms. The zero-order chi connectivity index (χ0) is 20.4. The maximum atomic E-state index is 13.7. The van der Waals surface area contributed by atoms with Gasteiger partial charge in [0.15, 0.2) is 0 Å². The fourth-order valence-corrected chi connectivity index (χ4v) is 5.15. The van der Waals surface area contributed by atoms with Gasteiger partial charge in [0.1, 0.15) is 0 Å². The first kappa shape index (κ1) is 23.9. The molecule has 1 aliphatic heterocycles. The number of amides is 1. The van der Waals surface area contributed by atoms with Gasteiger partial charge < -0.3 is 4.89 Å². The molecule has 1 rings (SSSR count). The van der Waals surface area contributed by atoms with E-state index in [4.69, 9.17) is 27.7 Å². The number of halogens is 9. The van der Waals surface area contributed by atoms with Crippen molar-refractivity contribution in [1.29, 1.82) is 0 Å².